The summed E-state index contributed by atoms with van der Waals surface area (Å²) in [6.45, 7) is 1.91. The Bertz CT molecular complexity index is 1320. The van der Waals surface area contributed by atoms with Crippen LogP contribution in [0.25, 0.3) is 11.0 Å². The van der Waals surface area contributed by atoms with Crippen LogP contribution in [0.4, 0.5) is 5.82 Å². The first-order valence-corrected chi connectivity index (χ1v) is 14.2. The highest BCUT2D eigenvalue weighted by Crippen LogP contribution is 2.33. The van der Waals surface area contributed by atoms with Gasteiger partial charge in [-0.3, -0.25) is 8.99 Å². The minimum atomic E-state index is -3.77. The predicted molar refractivity (Wildman–Crippen MR) is 127 cm³/mol. The second-order valence-corrected chi connectivity index (χ2v) is 13.0. The average Bonchev–Trinajstić information content (AvgIpc) is 3.18. The van der Waals surface area contributed by atoms with E-state index in [1.807, 2.05) is 14.0 Å². The molecule has 2 aromatic heterocycles. The maximum Gasteiger partial charge on any atom is 0.269 e. The Morgan fingerprint density at radius 2 is 1.72 bits per heavy atom. The first-order valence-electron chi connectivity index (χ1n) is 10.6. The molecule has 1 atom stereocenters. The molecule has 32 heavy (non-hydrogen) atoms. The van der Waals surface area contributed by atoms with Crippen LogP contribution in [0.15, 0.2) is 47.8 Å². The molecule has 172 valence electrons. The normalized spacial score (nSPS) is 21.3. The van der Waals surface area contributed by atoms with Crippen molar-refractivity contribution in [2.75, 3.05) is 24.0 Å². The lowest BCUT2D eigenvalue weighted by molar-refractivity contribution is 0.342. The number of nitrogens with one attached hydrogen (secondary N) is 1. The van der Waals surface area contributed by atoms with Gasteiger partial charge in [0.05, 0.1) is 10.3 Å². The zero-order valence-corrected chi connectivity index (χ0v) is 20.2. The number of fused-ring (bicyclic) bond motifs is 1. The van der Waals surface area contributed by atoms with Crippen LogP contribution in [-0.2, 0) is 19.8 Å². The van der Waals surface area contributed by atoms with Gasteiger partial charge in [0.1, 0.15) is 12.1 Å². The summed E-state index contributed by atoms with van der Waals surface area (Å²) >= 11 is 0. The van der Waals surface area contributed by atoms with Gasteiger partial charge in [0, 0.05) is 41.0 Å². The van der Waals surface area contributed by atoms with Gasteiger partial charge in [0.2, 0.25) is 0 Å². The molecular formula is C22H29N5O3S2. The predicted octanol–water partition coefficient (Wildman–Crippen LogP) is 3.65. The van der Waals surface area contributed by atoms with Crippen LogP contribution in [0.2, 0.25) is 0 Å². The van der Waals surface area contributed by atoms with Crippen molar-refractivity contribution in [3.8, 4) is 0 Å². The van der Waals surface area contributed by atoms with Crippen LogP contribution in [0.1, 0.15) is 31.2 Å². The van der Waals surface area contributed by atoms with Crippen molar-refractivity contribution in [2.45, 2.75) is 43.5 Å². The van der Waals surface area contributed by atoms with Gasteiger partial charge in [-0.25, -0.2) is 22.4 Å². The number of hydrogen-bond acceptors (Lipinski definition) is 7. The highest BCUT2D eigenvalue weighted by Gasteiger charge is 2.28. The van der Waals surface area contributed by atoms with E-state index in [2.05, 4.69) is 14.9 Å². The van der Waals surface area contributed by atoms with Crippen LogP contribution < -0.4 is 4.90 Å². The number of aryl methyl sites for hydroxylation is 1. The molecule has 1 fully saturated rings. The Kier molecular flexibility index (Phi) is 6.02. The molecule has 2 heterocycles. The summed E-state index contributed by atoms with van der Waals surface area (Å²) in [5.74, 6) is 1.48. The lowest BCUT2D eigenvalue weighted by Crippen LogP contribution is -2.36. The maximum absolute atomic E-state index is 13.2. The van der Waals surface area contributed by atoms with Crippen LogP contribution in [0.5, 0.6) is 0 Å². The zero-order chi connectivity index (χ0) is 23.1. The molecule has 0 saturated heterocycles. The minimum Gasteiger partial charge on any atom is -0.356 e. The van der Waals surface area contributed by atoms with Crippen molar-refractivity contribution in [3.05, 3.63) is 48.4 Å². The van der Waals surface area contributed by atoms with E-state index in [0.717, 1.165) is 31.2 Å². The molecule has 8 nitrogen and oxygen atoms in total. The number of benzene rings is 1. The van der Waals surface area contributed by atoms with E-state index < -0.39 is 19.8 Å². The molecule has 1 unspecified atom stereocenters. The largest absolute Gasteiger partial charge is 0.356 e. The summed E-state index contributed by atoms with van der Waals surface area (Å²) in [5.41, 5.74) is 1.35. The first kappa shape index (κ1) is 22.7. The average molecular weight is 476 g/mol. The van der Waals surface area contributed by atoms with Gasteiger partial charge < -0.3 is 4.90 Å². The van der Waals surface area contributed by atoms with Crippen LogP contribution in [0.3, 0.4) is 0 Å². The third-order valence-corrected chi connectivity index (χ3v) is 9.04. The van der Waals surface area contributed by atoms with Crippen molar-refractivity contribution in [1.29, 1.82) is 4.78 Å². The highest BCUT2D eigenvalue weighted by atomic mass is 32.2. The van der Waals surface area contributed by atoms with E-state index in [1.165, 1.54) is 22.8 Å². The van der Waals surface area contributed by atoms with E-state index in [1.54, 1.807) is 30.3 Å². The quantitative estimate of drug-likeness (QED) is 0.583. The van der Waals surface area contributed by atoms with E-state index in [4.69, 9.17) is 4.78 Å². The third-order valence-electron chi connectivity index (χ3n) is 6.26. The molecule has 0 bridgehead atoms. The Morgan fingerprint density at radius 3 is 2.34 bits per heavy atom. The molecular weight excluding hydrogens is 446 g/mol. The number of hydrogen-bond donors (Lipinski definition) is 1. The fourth-order valence-electron chi connectivity index (χ4n) is 4.54. The number of nitrogens with zero attached hydrogens (tertiary/aromatic N) is 4. The van der Waals surface area contributed by atoms with Gasteiger partial charge in [-0.05, 0) is 56.7 Å². The smallest absolute Gasteiger partial charge is 0.269 e. The van der Waals surface area contributed by atoms with Gasteiger partial charge >= 0.3 is 0 Å². The minimum absolute atomic E-state index is 0.217. The molecule has 1 aliphatic carbocycles. The van der Waals surface area contributed by atoms with Crippen molar-refractivity contribution >= 4 is 36.6 Å². The Labute approximate surface area is 189 Å². The van der Waals surface area contributed by atoms with Crippen LogP contribution in [0, 0.1) is 17.6 Å². The van der Waals surface area contributed by atoms with Gasteiger partial charge in [0.25, 0.3) is 10.0 Å². The van der Waals surface area contributed by atoms with E-state index in [-0.39, 0.29) is 10.9 Å². The van der Waals surface area contributed by atoms with Crippen LogP contribution >= 0.6 is 0 Å². The number of rotatable bonds is 6. The van der Waals surface area contributed by atoms with Crippen LogP contribution in [-0.4, -0.2) is 51.7 Å². The standard InChI is InChI=1S/C22H29N5O3S2/c1-16-4-10-19(11-5-16)32(29,30)27-13-12-20-21(24-15-25-22(20)27)26(2)18-8-6-17(7-9-18)14-31(3,23)28/h4-5,10-13,15,17-18,23H,6-9,14H2,1-3H3. The topological polar surface area (TPSA) is 109 Å². The maximum atomic E-state index is 13.2. The van der Waals surface area contributed by atoms with Gasteiger partial charge in [-0.15, -0.1) is 0 Å². The van der Waals surface area contributed by atoms with Crippen molar-refractivity contribution in [3.63, 3.8) is 0 Å². The second kappa shape index (κ2) is 8.47. The summed E-state index contributed by atoms with van der Waals surface area (Å²) < 4.78 is 47.2. The highest BCUT2D eigenvalue weighted by molar-refractivity contribution is 7.91. The summed E-state index contributed by atoms with van der Waals surface area (Å²) in [6.07, 6.45) is 8.15. The lowest BCUT2D eigenvalue weighted by atomic mass is 9.86. The van der Waals surface area contributed by atoms with E-state index >= 15 is 0 Å². The van der Waals surface area contributed by atoms with Crippen molar-refractivity contribution in [1.82, 2.24) is 13.9 Å². The van der Waals surface area contributed by atoms with Gasteiger partial charge in [0.15, 0.2) is 5.65 Å². The molecule has 1 aliphatic rings. The lowest BCUT2D eigenvalue weighted by Gasteiger charge is -2.35. The summed E-state index contributed by atoms with van der Waals surface area (Å²) in [7, 11) is -4.26. The molecule has 4 rings (SSSR count). The first-order chi connectivity index (χ1) is 15.1. The van der Waals surface area contributed by atoms with Gasteiger partial charge in [-0.2, -0.15) is 0 Å². The summed E-state index contributed by atoms with van der Waals surface area (Å²) in [6, 6.07) is 8.77. The third kappa shape index (κ3) is 4.52. The fraction of sp³-hybridized carbons (Fsp3) is 0.455. The summed E-state index contributed by atoms with van der Waals surface area (Å²) in [5, 5.41) is 0.690. The monoisotopic (exact) mass is 475 g/mol. The molecule has 1 N–H and O–H groups in total. The molecule has 10 heteroatoms. The Balaban J connectivity index is 1.60. The molecule has 0 spiro atoms. The fourth-order valence-corrected chi connectivity index (χ4v) is 7.07. The zero-order valence-electron chi connectivity index (χ0n) is 18.6. The SMILES string of the molecule is Cc1ccc(S(=O)(=O)n2ccc3c(N(C)C4CCC(CS(C)(=N)=O)CC4)ncnc32)cc1. The molecule has 1 saturated carbocycles. The molecule has 0 aliphatic heterocycles. The second-order valence-electron chi connectivity index (χ2n) is 8.82. The number of aromatic nitrogens is 3. The number of anilines is 1. The molecule has 0 radical (unpaired) electrons. The van der Waals surface area contributed by atoms with E-state index in [9.17, 15) is 12.6 Å². The molecule has 0 amide bonds. The van der Waals surface area contributed by atoms with E-state index in [0.29, 0.717) is 28.5 Å². The van der Waals surface area contributed by atoms with Crippen molar-refractivity contribution < 1.29 is 12.6 Å². The van der Waals surface area contributed by atoms with Crippen molar-refractivity contribution in [2.24, 2.45) is 5.92 Å². The van der Waals surface area contributed by atoms with Gasteiger partial charge in [-0.1, -0.05) is 17.7 Å². The molecule has 1 aromatic carbocycles. The summed E-state index contributed by atoms with van der Waals surface area (Å²) in [4.78, 5) is 11.1. The molecule has 3 aromatic rings. The Hall–Kier alpha value is -2.46. The Morgan fingerprint density at radius 1 is 1.06 bits per heavy atom.